The molecule has 3 rings (SSSR count). The third kappa shape index (κ3) is 3.54. The van der Waals surface area contributed by atoms with Crippen molar-refractivity contribution in [1.29, 1.82) is 0 Å². The van der Waals surface area contributed by atoms with Gasteiger partial charge in [-0.05, 0) is 42.5 Å². The normalized spacial score (nSPS) is 14.5. The Hall–Kier alpha value is -2.34. The number of benzene rings is 1. The molecule has 1 aliphatic rings. The Morgan fingerprint density at radius 2 is 1.68 bits per heavy atom. The average molecular weight is 358 g/mol. The van der Waals surface area contributed by atoms with E-state index in [9.17, 15) is 9.59 Å². The lowest BCUT2D eigenvalue weighted by molar-refractivity contribution is 0.0536. The highest BCUT2D eigenvalue weighted by Crippen LogP contribution is 2.27. The molecule has 5 nitrogen and oxygen atoms in total. The molecule has 1 aromatic heterocycles. The Bertz CT molecular complexity index is 778. The largest absolute Gasteiger partial charge is 0.496 e. The van der Waals surface area contributed by atoms with Crippen LogP contribution in [0.2, 0.25) is 0 Å². The molecule has 2 heterocycles. The van der Waals surface area contributed by atoms with Crippen LogP contribution in [0.25, 0.3) is 0 Å². The summed E-state index contributed by atoms with van der Waals surface area (Å²) in [4.78, 5) is 29.7. The van der Waals surface area contributed by atoms with Gasteiger partial charge in [-0.25, -0.2) is 0 Å². The summed E-state index contributed by atoms with van der Waals surface area (Å²) >= 11 is 1.45. The number of aryl methyl sites for hydroxylation is 2. The van der Waals surface area contributed by atoms with Gasteiger partial charge in [0.25, 0.3) is 11.8 Å². The second-order valence-corrected chi connectivity index (χ2v) is 7.17. The maximum atomic E-state index is 12.9. The Morgan fingerprint density at radius 3 is 2.24 bits per heavy atom. The van der Waals surface area contributed by atoms with Crippen LogP contribution in [0.3, 0.4) is 0 Å². The molecule has 0 atom stereocenters. The monoisotopic (exact) mass is 358 g/mol. The topological polar surface area (TPSA) is 49.9 Å². The number of carbonyl (C=O) groups excluding carboxylic acids is 2. The molecule has 0 saturated carbocycles. The van der Waals surface area contributed by atoms with E-state index in [1.54, 1.807) is 12.0 Å². The molecule has 25 heavy (non-hydrogen) atoms. The summed E-state index contributed by atoms with van der Waals surface area (Å²) in [6.07, 6.45) is 0. The summed E-state index contributed by atoms with van der Waals surface area (Å²) in [5, 5.41) is 1.90. The molecule has 0 unspecified atom stereocenters. The summed E-state index contributed by atoms with van der Waals surface area (Å²) in [6.45, 7) is 6.09. The zero-order chi connectivity index (χ0) is 18.0. The van der Waals surface area contributed by atoms with Crippen LogP contribution in [0.15, 0.2) is 29.6 Å². The van der Waals surface area contributed by atoms with Gasteiger partial charge in [0.2, 0.25) is 0 Å². The van der Waals surface area contributed by atoms with Gasteiger partial charge in [-0.2, -0.15) is 0 Å². The van der Waals surface area contributed by atoms with Crippen LogP contribution in [-0.2, 0) is 0 Å². The molecule has 2 amide bonds. The second kappa shape index (κ2) is 7.27. The Kier molecular flexibility index (Phi) is 5.08. The zero-order valence-electron chi connectivity index (χ0n) is 14.7. The van der Waals surface area contributed by atoms with Crippen LogP contribution >= 0.6 is 11.3 Å². The van der Waals surface area contributed by atoms with E-state index in [0.717, 1.165) is 16.0 Å². The molecular formula is C19H22N2O3S. The van der Waals surface area contributed by atoms with Gasteiger partial charge in [-0.15, -0.1) is 11.3 Å². The molecule has 0 radical (unpaired) electrons. The van der Waals surface area contributed by atoms with Gasteiger partial charge in [0.1, 0.15) is 5.75 Å². The molecule has 132 valence electrons. The Labute approximate surface area is 151 Å². The maximum absolute atomic E-state index is 12.9. The van der Waals surface area contributed by atoms with E-state index < -0.39 is 0 Å². The van der Waals surface area contributed by atoms with Crippen molar-refractivity contribution < 1.29 is 14.3 Å². The molecule has 0 N–H and O–H groups in total. The highest BCUT2D eigenvalue weighted by molar-refractivity contribution is 7.12. The molecule has 0 spiro atoms. The first-order valence-electron chi connectivity index (χ1n) is 8.28. The van der Waals surface area contributed by atoms with Crippen LogP contribution in [0.5, 0.6) is 5.75 Å². The number of thiophene rings is 1. The minimum Gasteiger partial charge on any atom is -0.496 e. The molecule has 1 saturated heterocycles. The van der Waals surface area contributed by atoms with Crippen molar-refractivity contribution >= 4 is 23.2 Å². The summed E-state index contributed by atoms with van der Waals surface area (Å²) < 4.78 is 5.44. The predicted octanol–water partition coefficient (Wildman–Crippen LogP) is 2.97. The van der Waals surface area contributed by atoms with Crippen molar-refractivity contribution in [3.05, 3.63) is 51.2 Å². The van der Waals surface area contributed by atoms with E-state index in [2.05, 4.69) is 0 Å². The van der Waals surface area contributed by atoms with Crippen molar-refractivity contribution in [1.82, 2.24) is 9.80 Å². The number of carbonyl (C=O) groups is 2. The number of ether oxygens (including phenoxy) is 1. The number of methoxy groups -OCH3 is 1. The van der Waals surface area contributed by atoms with Crippen molar-refractivity contribution in [2.75, 3.05) is 33.3 Å². The highest BCUT2D eigenvalue weighted by atomic mass is 32.1. The van der Waals surface area contributed by atoms with Crippen LogP contribution in [-0.4, -0.2) is 54.9 Å². The van der Waals surface area contributed by atoms with Crippen LogP contribution in [0.4, 0.5) is 0 Å². The third-order valence-electron chi connectivity index (χ3n) is 4.44. The standard InChI is InChI=1S/C19H22N2O3S/c1-13-11-14(2)17(24-3)15(12-13)18(22)20-6-8-21(9-7-20)19(23)16-5-4-10-25-16/h4-5,10-12H,6-9H2,1-3H3. The first-order chi connectivity index (χ1) is 12.0. The summed E-state index contributed by atoms with van der Waals surface area (Å²) in [7, 11) is 1.59. The van der Waals surface area contributed by atoms with Crippen LogP contribution < -0.4 is 4.74 Å². The molecule has 0 aliphatic carbocycles. The van der Waals surface area contributed by atoms with Gasteiger partial charge >= 0.3 is 0 Å². The van der Waals surface area contributed by atoms with Gasteiger partial charge in [-0.3, -0.25) is 9.59 Å². The van der Waals surface area contributed by atoms with E-state index in [4.69, 9.17) is 4.74 Å². The van der Waals surface area contributed by atoms with Gasteiger partial charge in [0, 0.05) is 26.2 Å². The highest BCUT2D eigenvalue weighted by Gasteiger charge is 2.27. The lowest BCUT2D eigenvalue weighted by Gasteiger charge is -2.35. The SMILES string of the molecule is COc1c(C)cc(C)cc1C(=O)N1CCN(C(=O)c2cccs2)CC1. The molecule has 2 aromatic rings. The molecule has 0 bridgehead atoms. The first kappa shape index (κ1) is 17.5. The first-order valence-corrected chi connectivity index (χ1v) is 9.16. The van der Waals surface area contributed by atoms with Gasteiger partial charge in [0.05, 0.1) is 17.6 Å². The van der Waals surface area contributed by atoms with Crippen molar-refractivity contribution in [3.63, 3.8) is 0 Å². The lowest BCUT2D eigenvalue weighted by Crippen LogP contribution is -2.50. The van der Waals surface area contributed by atoms with Crippen molar-refractivity contribution in [3.8, 4) is 5.75 Å². The maximum Gasteiger partial charge on any atom is 0.264 e. The van der Waals surface area contributed by atoms with E-state index in [1.807, 2.05) is 48.4 Å². The molecule has 1 fully saturated rings. The van der Waals surface area contributed by atoms with Gasteiger partial charge in [0.15, 0.2) is 0 Å². The molecular weight excluding hydrogens is 336 g/mol. The van der Waals surface area contributed by atoms with Crippen LogP contribution in [0.1, 0.15) is 31.2 Å². The number of piperazine rings is 1. The number of rotatable bonds is 3. The van der Waals surface area contributed by atoms with Gasteiger partial charge in [-0.1, -0.05) is 12.1 Å². The molecule has 6 heteroatoms. The van der Waals surface area contributed by atoms with Crippen molar-refractivity contribution in [2.45, 2.75) is 13.8 Å². The minimum atomic E-state index is -0.0353. The lowest BCUT2D eigenvalue weighted by atomic mass is 10.0. The quantitative estimate of drug-likeness (QED) is 0.848. The summed E-state index contributed by atoms with van der Waals surface area (Å²) in [5.41, 5.74) is 2.59. The molecule has 1 aromatic carbocycles. The van der Waals surface area contributed by atoms with E-state index in [-0.39, 0.29) is 11.8 Å². The fraction of sp³-hybridized carbons (Fsp3) is 0.368. The zero-order valence-corrected chi connectivity index (χ0v) is 15.6. The second-order valence-electron chi connectivity index (χ2n) is 6.22. The Balaban J connectivity index is 1.71. The number of hydrogen-bond donors (Lipinski definition) is 0. The summed E-state index contributed by atoms with van der Waals surface area (Å²) in [6, 6.07) is 7.60. The average Bonchev–Trinajstić information content (AvgIpc) is 3.14. The van der Waals surface area contributed by atoms with Gasteiger partial charge < -0.3 is 14.5 Å². The minimum absolute atomic E-state index is 0.0353. The predicted molar refractivity (Wildman–Crippen MR) is 98.6 cm³/mol. The fourth-order valence-electron chi connectivity index (χ4n) is 3.22. The Morgan fingerprint density at radius 1 is 1.04 bits per heavy atom. The van der Waals surface area contributed by atoms with Crippen molar-refractivity contribution in [2.24, 2.45) is 0 Å². The van der Waals surface area contributed by atoms with E-state index >= 15 is 0 Å². The number of amides is 2. The smallest absolute Gasteiger partial charge is 0.264 e. The van der Waals surface area contributed by atoms with Crippen LogP contribution in [0, 0.1) is 13.8 Å². The number of hydrogen-bond acceptors (Lipinski definition) is 4. The molecule has 1 aliphatic heterocycles. The van der Waals surface area contributed by atoms with E-state index in [1.165, 1.54) is 11.3 Å². The summed E-state index contributed by atoms with van der Waals surface area (Å²) in [5.74, 6) is 0.644. The number of nitrogens with zero attached hydrogens (tertiary/aromatic N) is 2. The third-order valence-corrected chi connectivity index (χ3v) is 5.30. The van der Waals surface area contributed by atoms with E-state index in [0.29, 0.717) is 37.5 Å². The fourth-order valence-corrected chi connectivity index (χ4v) is 3.91.